The highest BCUT2D eigenvalue weighted by atomic mass is 16.8. The SMILES string of the molecule is C[C@@H]1O[C@@H](O[C@@H]2[C@@H](O)[C@H](O[C@@H]3[C@@H](O)[C@H](O[C@H]4CC[C@]5(C)[C@H]6CC=C7[C@@H]8CC(C)(C)CC[C@]8(C(=O)O[C@@H]8O[C@H](CO)[C@@H](O)[C@H](O)[C@H]8O)CC[C@@]7(C)[C@]6(C)CC[C@H]5C4(C)C)O[C@H](CO)[C@H]3O)O[C@H](CO)[C@H]2O)[C@H](O)[C@H](O)[C@H]1O. The fourth-order valence-corrected chi connectivity index (χ4v) is 16.5. The highest BCUT2D eigenvalue weighted by Crippen LogP contribution is 2.76. The quantitative estimate of drug-likeness (QED) is 0.0670. The van der Waals surface area contributed by atoms with Crippen LogP contribution in [0.15, 0.2) is 11.6 Å². The van der Waals surface area contributed by atoms with E-state index in [9.17, 15) is 71.2 Å². The Morgan fingerprint density at radius 2 is 1.07 bits per heavy atom. The van der Waals surface area contributed by atoms with Gasteiger partial charge in [-0.05, 0) is 116 Å². The number of aliphatic hydroxyl groups is 13. The third-order valence-corrected chi connectivity index (χ3v) is 21.4. The molecule has 4 heterocycles. The molecule has 22 nitrogen and oxygen atoms in total. The van der Waals surface area contributed by atoms with Crippen molar-refractivity contribution in [1.29, 1.82) is 0 Å². The van der Waals surface area contributed by atoms with Crippen LogP contribution in [0.5, 0.6) is 0 Å². The van der Waals surface area contributed by atoms with Gasteiger partial charge in [0.1, 0.15) is 91.6 Å². The molecule has 76 heavy (non-hydrogen) atoms. The molecule has 0 aromatic rings. The number of carbonyl (C=O) groups excluding carboxylic acids is 1. The van der Waals surface area contributed by atoms with E-state index < -0.39 is 166 Å². The second-order valence-electron chi connectivity index (χ2n) is 26.3. The molecule has 13 N–H and O–H groups in total. The summed E-state index contributed by atoms with van der Waals surface area (Å²) in [5.74, 6) is -0.327. The number of carbonyl (C=O) groups is 1. The first kappa shape index (κ1) is 59.0. The maximum atomic E-state index is 14.7. The van der Waals surface area contributed by atoms with E-state index in [0.717, 1.165) is 38.5 Å². The second kappa shape index (κ2) is 21.3. The molecule has 9 rings (SSSR count). The van der Waals surface area contributed by atoms with Crippen molar-refractivity contribution in [3.8, 4) is 0 Å². The average Bonchev–Trinajstić information content (AvgIpc) is 3.54. The van der Waals surface area contributed by atoms with Crippen LogP contribution in [-0.2, 0) is 42.7 Å². The summed E-state index contributed by atoms with van der Waals surface area (Å²) >= 11 is 0. The minimum absolute atomic E-state index is 0.0834. The first-order chi connectivity index (χ1) is 35.5. The van der Waals surface area contributed by atoms with Gasteiger partial charge in [0.25, 0.3) is 0 Å². The summed E-state index contributed by atoms with van der Waals surface area (Å²) in [7, 11) is 0. The summed E-state index contributed by atoms with van der Waals surface area (Å²) in [6, 6.07) is 0. The van der Waals surface area contributed by atoms with Crippen molar-refractivity contribution in [2.45, 2.75) is 249 Å². The summed E-state index contributed by atoms with van der Waals surface area (Å²) in [4.78, 5) is 14.7. The Balaban J connectivity index is 0.919. The van der Waals surface area contributed by atoms with E-state index in [2.05, 4.69) is 54.5 Å². The van der Waals surface area contributed by atoms with Crippen LogP contribution in [0, 0.1) is 50.2 Å². The molecule has 0 bridgehead atoms. The second-order valence-corrected chi connectivity index (χ2v) is 26.3. The van der Waals surface area contributed by atoms with Crippen LogP contribution in [0.4, 0.5) is 0 Å². The maximum Gasteiger partial charge on any atom is 0.315 e. The van der Waals surface area contributed by atoms with Crippen LogP contribution in [0.3, 0.4) is 0 Å². The van der Waals surface area contributed by atoms with Crippen molar-refractivity contribution >= 4 is 5.97 Å². The smallest absolute Gasteiger partial charge is 0.315 e. The maximum absolute atomic E-state index is 14.7. The first-order valence-electron chi connectivity index (χ1n) is 27.7. The number of allylic oxidation sites excluding steroid dienone is 2. The van der Waals surface area contributed by atoms with Gasteiger partial charge < -0.3 is 104 Å². The highest BCUT2D eigenvalue weighted by Gasteiger charge is 2.70. The van der Waals surface area contributed by atoms with Gasteiger partial charge in [0.2, 0.25) is 6.29 Å². The molecule has 28 atom stereocenters. The molecule has 4 aliphatic heterocycles. The zero-order valence-electron chi connectivity index (χ0n) is 45.1. The van der Waals surface area contributed by atoms with Crippen LogP contribution >= 0.6 is 0 Å². The molecule has 0 aromatic heterocycles. The van der Waals surface area contributed by atoms with Gasteiger partial charge >= 0.3 is 5.97 Å². The average molecular weight is 1090 g/mol. The lowest BCUT2D eigenvalue weighted by Gasteiger charge is -2.71. The largest absolute Gasteiger partial charge is 0.432 e. The summed E-state index contributed by atoms with van der Waals surface area (Å²) in [6.07, 6.45) is -22.8. The topological polar surface area (TPSA) is 354 Å². The molecule has 8 fully saturated rings. The van der Waals surface area contributed by atoms with Crippen molar-refractivity contribution in [3.63, 3.8) is 0 Å². The summed E-state index contributed by atoms with van der Waals surface area (Å²) in [5, 5.41) is 140. The Morgan fingerprint density at radius 1 is 0.553 bits per heavy atom. The summed E-state index contributed by atoms with van der Waals surface area (Å²) in [6.45, 7) is 15.2. The Bertz CT molecular complexity index is 2090. The fraction of sp³-hybridized carbons (Fsp3) is 0.944. The van der Waals surface area contributed by atoms with Gasteiger partial charge in [0.05, 0.1) is 37.4 Å². The Kier molecular flexibility index (Phi) is 16.6. The molecule has 436 valence electrons. The van der Waals surface area contributed by atoms with Gasteiger partial charge in [-0.2, -0.15) is 0 Å². The van der Waals surface area contributed by atoms with E-state index in [1.807, 2.05) is 0 Å². The number of rotatable bonds is 11. The van der Waals surface area contributed by atoms with E-state index in [4.69, 9.17) is 37.9 Å². The number of hydrogen-bond donors (Lipinski definition) is 13. The molecule has 0 unspecified atom stereocenters. The Hall–Kier alpha value is -1.59. The minimum Gasteiger partial charge on any atom is -0.432 e. The molecule has 5 aliphatic carbocycles. The van der Waals surface area contributed by atoms with Gasteiger partial charge in [0, 0.05) is 0 Å². The molecule has 4 saturated heterocycles. The van der Waals surface area contributed by atoms with E-state index in [-0.39, 0.29) is 39.4 Å². The minimum atomic E-state index is -1.91. The standard InChI is InChI=1S/C54H88O22/c1-23-32(58)36(62)38(64)44(69-23)74-43-35(61)28(22-57)72-47(41(43)67)75-42-34(60)27(21-56)71-46(40(42)66)73-31-12-13-51(6)29(50(31,4)5)11-14-53(8)30(51)10-9-24-25-19-49(2,3)15-17-54(25,18-16-52(24,53)7)48(68)76-45-39(65)37(63)33(59)26(20-55)70-45/h9,23,25-47,55-67H,10-22H2,1-8H3/t23-,25-,26+,27+,28+,29-,30+,31-,32-,33+,34+,35+,36+,37-,38+,39+,40+,41+,42-,43-,44-,45-,46-,47-,51-,52+,53+,54-/m0/s1. The van der Waals surface area contributed by atoms with Gasteiger partial charge in [-0.1, -0.05) is 60.1 Å². The predicted molar refractivity (Wildman–Crippen MR) is 261 cm³/mol. The van der Waals surface area contributed by atoms with Crippen molar-refractivity contribution in [2.24, 2.45) is 50.2 Å². The van der Waals surface area contributed by atoms with Crippen molar-refractivity contribution in [2.75, 3.05) is 19.8 Å². The third-order valence-electron chi connectivity index (χ3n) is 21.4. The molecule has 0 amide bonds. The molecule has 22 heteroatoms. The molecule has 0 aromatic carbocycles. The fourth-order valence-electron chi connectivity index (χ4n) is 16.5. The molecular weight excluding hydrogens is 1000 g/mol. The van der Waals surface area contributed by atoms with Crippen LogP contribution in [-0.4, -0.2) is 221 Å². The monoisotopic (exact) mass is 1090 g/mol. The third kappa shape index (κ3) is 9.47. The van der Waals surface area contributed by atoms with Crippen LogP contribution in [0.2, 0.25) is 0 Å². The zero-order chi connectivity index (χ0) is 55.6. The van der Waals surface area contributed by atoms with Gasteiger partial charge in [0.15, 0.2) is 18.9 Å². The number of ether oxygens (including phenoxy) is 8. The Morgan fingerprint density at radius 3 is 1.66 bits per heavy atom. The highest BCUT2D eigenvalue weighted by molar-refractivity contribution is 5.79. The lowest BCUT2D eigenvalue weighted by molar-refractivity contribution is -0.384. The molecule has 0 spiro atoms. The van der Waals surface area contributed by atoms with E-state index in [1.165, 1.54) is 12.5 Å². The van der Waals surface area contributed by atoms with Gasteiger partial charge in [-0.15, -0.1) is 0 Å². The normalized spacial score (nSPS) is 54.0. The number of fused-ring (bicyclic) bond motifs is 7. The number of esters is 1. The number of aliphatic hydroxyl groups excluding tert-OH is 13. The van der Waals surface area contributed by atoms with Crippen LogP contribution < -0.4 is 0 Å². The molecular formula is C54H88O22. The number of hydrogen-bond acceptors (Lipinski definition) is 22. The van der Waals surface area contributed by atoms with E-state index >= 15 is 0 Å². The van der Waals surface area contributed by atoms with E-state index in [0.29, 0.717) is 25.7 Å². The molecule has 4 saturated carbocycles. The molecule has 9 aliphatic rings. The predicted octanol–water partition coefficient (Wildman–Crippen LogP) is -1.01. The zero-order valence-corrected chi connectivity index (χ0v) is 45.1. The van der Waals surface area contributed by atoms with Gasteiger partial charge in [-0.3, -0.25) is 4.79 Å². The molecule has 0 radical (unpaired) electrons. The van der Waals surface area contributed by atoms with Crippen molar-refractivity contribution in [3.05, 3.63) is 11.6 Å². The summed E-state index contributed by atoms with van der Waals surface area (Å²) < 4.78 is 47.7. The van der Waals surface area contributed by atoms with E-state index in [1.54, 1.807) is 0 Å². The lowest BCUT2D eigenvalue weighted by Crippen LogP contribution is -2.67. The van der Waals surface area contributed by atoms with Gasteiger partial charge in [-0.25, -0.2) is 0 Å². The lowest BCUT2D eigenvalue weighted by atomic mass is 9.33. The summed E-state index contributed by atoms with van der Waals surface area (Å²) in [5.41, 5.74) is -0.936. The first-order valence-corrected chi connectivity index (χ1v) is 27.7. The Labute approximate surface area is 444 Å². The van der Waals surface area contributed by atoms with Crippen LogP contribution in [0.25, 0.3) is 0 Å². The van der Waals surface area contributed by atoms with Crippen LogP contribution in [0.1, 0.15) is 120 Å². The van der Waals surface area contributed by atoms with Crippen molar-refractivity contribution in [1.82, 2.24) is 0 Å². The van der Waals surface area contributed by atoms with Crippen molar-refractivity contribution < 1.29 is 109 Å².